The number of fused-ring (bicyclic) bond motifs is 1. The lowest BCUT2D eigenvalue weighted by Gasteiger charge is -2.31. The number of carbonyl (C=O) groups is 1. The summed E-state index contributed by atoms with van der Waals surface area (Å²) in [6.07, 6.45) is -1.86. The first-order chi connectivity index (χ1) is 15.2. The van der Waals surface area contributed by atoms with E-state index in [2.05, 4.69) is 21.2 Å². The van der Waals surface area contributed by atoms with E-state index in [1.807, 2.05) is 0 Å². The largest absolute Gasteiger partial charge is 0.465 e. The Balaban J connectivity index is 1.77. The Kier molecular flexibility index (Phi) is 6.13. The standard InChI is InChI=1S/C21H20BrF2N3O4S/c22-15-4-1-2-7-18(15)32(30,31)27-12-14(20(23)24)19-16(5-3-6-17(19)27)25-13-8-10-26(11-9-13)21(28)29/h1-7,12-13,20,25H,8-11H2,(H,28,29). The van der Waals surface area contributed by atoms with Crippen LogP contribution in [0.25, 0.3) is 10.9 Å². The molecule has 2 heterocycles. The average Bonchev–Trinajstić information content (AvgIpc) is 3.16. The summed E-state index contributed by atoms with van der Waals surface area (Å²) in [6, 6.07) is 10.8. The SMILES string of the molecule is O=C(O)N1CCC(Nc2cccc3c2c(C(F)F)cn3S(=O)(=O)c2ccccc2Br)CC1. The second kappa shape index (κ2) is 8.70. The summed E-state index contributed by atoms with van der Waals surface area (Å²) in [5.41, 5.74) is 0.151. The van der Waals surface area contributed by atoms with Crippen LogP contribution in [0.5, 0.6) is 0 Å². The van der Waals surface area contributed by atoms with Crippen LogP contribution in [0.15, 0.2) is 58.0 Å². The van der Waals surface area contributed by atoms with Gasteiger partial charge in [0.2, 0.25) is 0 Å². The molecule has 0 aliphatic carbocycles. The third-order valence-corrected chi connectivity index (χ3v) is 8.24. The monoisotopic (exact) mass is 527 g/mol. The molecule has 4 rings (SSSR count). The highest BCUT2D eigenvalue weighted by Gasteiger charge is 2.28. The van der Waals surface area contributed by atoms with Crippen LogP contribution in [-0.4, -0.2) is 47.6 Å². The van der Waals surface area contributed by atoms with Gasteiger partial charge in [0.25, 0.3) is 16.4 Å². The number of halogens is 3. The number of hydrogen-bond donors (Lipinski definition) is 2. The van der Waals surface area contributed by atoms with Gasteiger partial charge in [-0.1, -0.05) is 18.2 Å². The zero-order valence-electron chi connectivity index (χ0n) is 16.7. The molecule has 0 radical (unpaired) electrons. The number of likely N-dealkylation sites (tertiary alicyclic amines) is 1. The van der Waals surface area contributed by atoms with Crippen LogP contribution < -0.4 is 5.32 Å². The summed E-state index contributed by atoms with van der Waals surface area (Å²) in [7, 11) is -4.14. The van der Waals surface area contributed by atoms with Gasteiger partial charge in [0.1, 0.15) is 4.90 Å². The van der Waals surface area contributed by atoms with Gasteiger partial charge in [0, 0.05) is 46.4 Å². The minimum absolute atomic E-state index is 0.0304. The maximum atomic E-state index is 14.0. The van der Waals surface area contributed by atoms with Crippen molar-refractivity contribution < 1.29 is 27.1 Å². The van der Waals surface area contributed by atoms with E-state index in [-0.39, 0.29) is 27.4 Å². The first-order valence-corrected chi connectivity index (χ1v) is 12.1. The van der Waals surface area contributed by atoms with Gasteiger partial charge < -0.3 is 15.3 Å². The van der Waals surface area contributed by atoms with Crippen molar-refractivity contribution in [3.63, 3.8) is 0 Å². The minimum atomic E-state index is -4.14. The maximum Gasteiger partial charge on any atom is 0.407 e. The van der Waals surface area contributed by atoms with Crippen molar-refractivity contribution in [3.8, 4) is 0 Å². The second-order valence-electron chi connectivity index (χ2n) is 7.50. The lowest BCUT2D eigenvalue weighted by atomic mass is 10.0. The Bertz CT molecular complexity index is 1270. The van der Waals surface area contributed by atoms with Gasteiger partial charge >= 0.3 is 6.09 Å². The Labute approximate surface area is 191 Å². The Morgan fingerprint density at radius 2 is 1.81 bits per heavy atom. The molecule has 3 aromatic rings. The fourth-order valence-electron chi connectivity index (χ4n) is 3.97. The van der Waals surface area contributed by atoms with Crippen molar-refractivity contribution in [1.82, 2.24) is 8.87 Å². The zero-order valence-corrected chi connectivity index (χ0v) is 19.1. The summed E-state index contributed by atoms with van der Waals surface area (Å²) in [6.45, 7) is 0.671. The highest BCUT2D eigenvalue weighted by Crippen LogP contribution is 2.38. The molecule has 0 saturated carbocycles. The lowest BCUT2D eigenvalue weighted by molar-refractivity contribution is 0.133. The maximum absolute atomic E-state index is 14.0. The molecule has 1 saturated heterocycles. The van der Waals surface area contributed by atoms with E-state index in [0.717, 1.165) is 10.2 Å². The number of alkyl halides is 2. The first-order valence-electron chi connectivity index (χ1n) is 9.86. The lowest BCUT2D eigenvalue weighted by Crippen LogP contribution is -2.41. The van der Waals surface area contributed by atoms with Gasteiger partial charge in [0.05, 0.1) is 5.52 Å². The number of aromatic nitrogens is 1. The number of hydrogen-bond acceptors (Lipinski definition) is 4. The molecule has 2 aromatic carbocycles. The van der Waals surface area contributed by atoms with Crippen LogP contribution in [0.1, 0.15) is 24.8 Å². The van der Waals surface area contributed by atoms with Crippen molar-refractivity contribution in [2.75, 3.05) is 18.4 Å². The highest BCUT2D eigenvalue weighted by atomic mass is 79.9. The van der Waals surface area contributed by atoms with Crippen molar-refractivity contribution in [3.05, 3.63) is 58.7 Å². The zero-order chi connectivity index (χ0) is 23.0. The van der Waals surface area contributed by atoms with E-state index in [9.17, 15) is 22.0 Å². The van der Waals surface area contributed by atoms with Gasteiger partial charge in [-0.2, -0.15) is 0 Å². The number of piperidine rings is 1. The summed E-state index contributed by atoms with van der Waals surface area (Å²) < 4.78 is 55.8. The molecule has 1 amide bonds. The smallest absolute Gasteiger partial charge is 0.407 e. The van der Waals surface area contributed by atoms with Crippen molar-refractivity contribution in [1.29, 1.82) is 0 Å². The summed E-state index contributed by atoms with van der Waals surface area (Å²) in [5.74, 6) is 0. The topological polar surface area (TPSA) is 91.6 Å². The third kappa shape index (κ3) is 4.06. The average molecular weight is 528 g/mol. The third-order valence-electron chi connectivity index (χ3n) is 5.56. The van der Waals surface area contributed by atoms with Gasteiger partial charge in [0.15, 0.2) is 0 Å². The molecule has 2 N–H and O–H groups in total. The number of benzene rings is 2. The van der Waals surface area contributed by atoms with E-state index < -0.39 is 22.5 Å². The molecule has 32 heavy (non-hydrogen) atoms. The number of rotatable bonds is 5. The van der Waals surface area contributed by atoms with Gasteiger partial charge in [-0.05, 0) is 53.0 Å². The summed E-state index contributed by atoms with van der Waals surface area (Å²) >= 11 is 3.23. The van der Waals surface area contributed by atoms with Crippen molar-refractivity contribution >= 4 is 48.6 Å². The number of carboxylic acid groups (broad SMARTS) is 1. The molecule has 1 aromatic heterocycles. The van der Waals surface area contributed by atoms with Crippen molar-refractivity contribution in [2.24, 2.45) is 0 Å². The molecular formula is C21H20BrF2N3O4S. The van der Waals surface area contributed by atoms with Crippen LogP contribution >= 0.6 is 15.9 Å². The minimum Gasteiger partial charge on any atom is -0.465 e. The van der Waals surface area contributed by atoms with Gasteiger partial charge in [-0.15, -0.1) is 0 Å². The van der Waals surface area contributed by atoms with Crippen LogP contribution in [0.4, 0.5) is 19.3 Å². The number of amides is 1. The van der Waals surface area contributed by atoms with Crippen LogP contribution in [0, 0.1) is 0 Å². The molecule has 170 valence electrons. The quantitative estimate of drug-likeness (QED) is 0.479. The van der Waals surface area contributed by atoms with E-state index in [1.165, 1.54) is 17.0 Å². The summed E-state index contributed by atoms with van der Waals surface area (Å²) in [4.78, 5) is 12.4. The molecule has 0 atom stereocenters. The predicted molar refractivity (Wildman–Crippen MR) is 120 cm³/mol. The molecule has 7 nitrogen and oxygen atoms in total. The van der Waals surface area contributed by atoms with E-state index in [0.29, 0.717) is 36.1 Å². The van der Waals surface area contributed by atoms with E-state index >= 15 is 0 Å². The second-order valence-corrected chi connectivity index (χ2v) is 10.1. The molecule has 0 unspecified atom stereocenters. The predicted octanol–water partition coefficient (Wildman–Crippen LogP) is 5.13. The molecule has 1 aliphatic rings. The molecule has 1 fully saturated rings. The number of nitrogens with zero attached hydrogens (tertiary/aromatic N) is 2. The molecular weight excluding hydrogens is 508 g/mol. The first kappa shape index (κ1) is 22.5. The van der Waals surface area contributed by atoms with Crippen LogP contribution in [-0.2, 0) is 10.0 Å². The van der Waals surface area contributed by atoms with Crippen LogP contribution in [0.2, 0.25) is 0 Å². The highest BCUT2D eigenvalue weighted by molar-refractivity contribution is 9.10. The van der Waals surface area contributed by atoms with Gasteiger partial charge in [-0.3, -0.25) is 0 Å². The van der Waals surface area contributed by atoms with Crippen LogP contribution in [0.3, 0.4) is 0 Å². The fraction of sp³-hybridized carbons (Fsp3) is 0.286. The fourth-order valence-corrected chi connectivity index (χ4v) is 6.31. The molecule has 0 bridgehead atoms. The molecule has 0 spiro atoms. The van der Waals surface area contributed by atoms with Crippen molar-refractivity contribution in [2.45, 2.75) is 30.2 Å². The Morgan fingerprint density at radius 3 is 2.44 bits per heavy atom. The van der Waals surface area contributed by atoms with E-state index in [4.69, 9.17) is 5.11 Å². The molecule has 1 aliphatic heterocycles. The number of nitrogens with one attached hydrogen (secondary N) is 1. The normalized spacial score (nSPS) is 15.4. The molecule has 11 heteroatoms. The van der Waals surface area contributed by atoms with E-state index in [1.54, 1.807) is 30.3 Å². The summed E-state index contributed by atoms with van der Waals surface area (Å²) in [5, 5.41) is 12.5. The van der Waals surface area contributed by atoms with Gasteiger partial charge in [-0.25, -0.2) is 26.0 Å². The Morgan fingerprint density at radius 1 is 1.12 bits per heavy atom. The Hall–Kier alpha value is -2.66. The number of anilines is 1.